The minimum absolute atomic E-state index is 0.0743. The molecule has 4 heteroatoms. The molecule has 2 N–H and O–H groups in total. The zero-order valence-corrected chi connectivity index (χ0v) is 12.7. The highest BCUT2D eigenvalue weighted by atomic mass is 32.2. The Bertz CT molecular complexity index is 388. The molecular weight excluding hydrogens is 258 g/mol. The largest absolute Gasteiger partial charge is 0.389 e. The average molecular weight is 281 g/mol. The van der Waals surface area contributed by atoms with Crippen LogP contribution < -0.4 is 5.32 Å². The predicted molar refractivity (Wildman–Crippen MR) is 80.3 cm³/mol. The molecule has 1 atom stereocenters. The summed E-state index contributed by atoms with van der Waals surface area (Å²) < 4.78 is 0. The zero-order valence-electron chi connectivity index (χ0n) is 11.8. The number of rotatable bonds is 7. The summed E-state index contributed by atoms with van der Waals surface area (Å²) in [6.45, 7) is 6.78. The fourth-order valence-electron chi connectivity index (χ4n) is 1.54. The number of nitrogens with one attached hydrogen (secondary N) is 1. The molecule has 1 aromatic rings. The average Bonchev–Trinajstić information content (AvgIpc) is 2.36. The number of hydrogen-bond donors (Lipinski definition) is 2. The Hall–Kier alpha value is -1.00. The van der Waals surface area contributed by atoms with Crippen molar-refractivity contribution in [2.45, 2.75) is 38.2 Å². The van der Waals surface area contributed by atoms with E-state index >= 15 is 0 Å². The van der Waals surface area contributed by atoms with Gasteiger partial charge in [-0.1, -0.05) is 26.0 Å². The van der Waals surface area contributed by atoms with Crippen LogP contribution in [0.25, 0.3) is 0 Å². The number of thioether (sulfide) groups is 1. The third kappa shape index (κ3) is 6.64. The van der Waals surface area contributed by atoms with Gasteiger partial charge >= 0.3 is 0 Å². The second-order valence-corrected chi connectivity index (χ2v) is 6.11. The molecular formula is C15H23NO2S. The number of hydrogen-bond acceptors (Lipinski definition) is 3. The van der Waals surface area contributed by atoms with Crippen molar-refractivity contribution < 1.29 is 9.90 Å². The lowest BCUT2D eigenvalue weighted by Gasteiger charge is -2.08. The summed E-state index contributed by atoms with van der Waals surface area (Å²) in [5.41, 5.74) is 0.894. The summed E-state index contributed by atoms with van der Waals surface area (Å²) in [5.74, 6) is 1.12. The molecule has 0 aliphatic carbocycles. The van der Waals surface area contributed by atoms with Gasteiger partial charge in [0.05, 0.1) is 11.9 Å². The maximum atomic E-state index is 11.6. The monoisotopic (exact) mass is 281 g/mol. The molecule has 1 unspecified atom stereocenters. The lowest BCUT2D eigenvalue weighted by atomic mass is 10.1. The third-order valence-corrected chi connectivity index (χ3v) is 3.79. The van der Waals surface area contributed by atoms with Crippen LogP contribution in [0.5, 0.6) is 0 Å². The lowest BCUT2D eigenvalue weighted by molar-refractivity contribution is -0.118. The van der Waals surface area contributed by atoms with Gasteiger partial charge in [0, 0.05) is 11.4 Å². The first-order valence-electron chi connectivity index (χ1n) is 6.66. The normalized spacial score (nSPS) is 12.5. The molecule has 3 nitrogen and oxygen atoms in total. The van der Waals surface area contributed by atoms with E-state index in [1.54, 1.807) is 6.92 Å². The van der Waals surface area contributed by atoms with Crippen molar-refractivity contribution in [1.82, 2.24) is 5.32 Å². The molecule has 0 saturated heterocycles. The van der Waals surface area contributed by atoms with Crippen molar-refractivity contribution in [3.63, 3.8) is 0 Å². The first-order chi connectivity index (χ1) is 8.99. The van der Waals surface area contributed by atoms with Crippen LogP contribution in [0, 0.1) is 5.92 Å². The molecule has 0 spiro atoms. The highest BCUT2D eigenvalue weighted by molar-refractivity contribution is 8.00. The van der Waals surface area contributed by atoms with Gasteiger partial charge in [0.15, 0.2) is 0 Å². The molecule has 0 radical (unpaired) electrons. The van der Waals surface area contributed by atoms with E-state index < -0.39 is 6.10 Å². The van der Waals surface area contributed by atoms with E-state index in [2.05, 4.69) is 19.2 Å². The fourth-order valence-corrected chi connectivity index (χ4v) is 2.27. The van der Waals surface area contributed by atoms with Gasteiger partial charge in [-0.25, -0.2) is 0 Å². The number of aliphatic hydroxyl groups is 1. The van der Waals surface area contributed by atoms with Crippen LogP contribution in [-0.2, 0) is 4.79 Å². The number of benzene rings is 1. The minimum atomic E-state index is -0.446. The van der Waals surface area contributed by atoms with Gasteiger partial charge in [-0.05, 0) is 37.0 Å². The minimum Gasteiger partial charge on any atom is -0.389 e. The second-order valence-electron chi connectivity index (χ2n) is 5.07. The Morgan fingerprint density at radius 1 is 1.26 bits per heavy atom. The van der Waals surface area contributed by atoms with Gasteiger partial charge < -0.3 is 10.4 Å². The van der Waals surface area contributed by atoms with Crippen LogP contribution in [0.15, 0.2) is 29.2 Å². The fraction of sp³-hybridized carbons (Fsp3) is 0.533. The Balaban J connectivity index is 2.30. The summed E-state index contributed by atoms with van der Waals surface area (Å²) in [6, 6.07) is 7.66. The molecule has 1 aromatic carbocycles. The second kappa shape index (κ2) is 8.23. The first-order valence-corrected chi connectivity index (χ1v) is 7.65. The molecule has 1 amide bonds. The summed E-state index contributed by atoms with van der Waals surface area (Å²) >= 11 is 1.51. The third-order valence-electron chi connectivity index (χ3n) is 2.78. The van der Waals surface area contributed by atoms with Gasteiger partial charge in [-0.15, -0.1) is 11.8 Å². The number of carbonyl (C=O) groups is 1. The van der Waals surface area contributed by atoms with Gasteiger partial charge in [-0.2, -0.15) is 0 Å². The van der Waals surface area contributed by atoms with Crippen LogP contribution in [-0.4, -0.2) is 23.3 Å². The highest BCUT2D eigenvalue weighted by Crippen LogP contribution is 2.20. The van der Waals surface area contributed by atoms with Crippen molar-refractivity contribution >= 4 is 17.7 Å². The number of amides is 1. The molecule has 106 valence electrons. The molecule has 0 bridgehead atoms. The standard InChI is InChI=1S/C15H23NO2S/c1-11(2)8-9-16-15(18)10-19-14-6-4-13(5-7-14)12(3)17/h4-7,11-12,17H,8-10H2,1-3H3,(H,16,18). The summed E-state index contributed by atoms with van der Waals surface area (Å²) in [4.78, 5) is 12.6. The van der Waals surface area contributed by atoms with Crippen molar-refractivity contribution in [1.29, 1.82) is 0 Å². The maximum absolute atomic E-state index is 11.6. The van der Waals surface area contributed by atoms with Crippen LogP contribution in [0.2, 0.25) is 0 Å². The lowest BCUT2D eigenvalue weighted by Crippen LogP contribution is -2.26. The number of aliphatic hydroxyl groups excluding tert-OH is 1. The van der Waals surface area contributed by atoms with Crippen molar-refractivity contribution in [2.75, 3.05) is 12.3 Å². The number of carbonyl (C=O) groups excluding carboxylic acids is 1. The Morgan fingerprint density at radius 2 is 1.89 bits per heavy atom. The molecule has 0 aromatic heterocycles. The van der Waals surface area contributed by atoms with Gasteiger partial charge in [0.1, 0.15) is 0 Å². The molecule has 0 aliphatic heterocycles. The first kappa shape index (κ1) is 16.1. The molecule has 0 aliphatic rings. The summed E-state index contributed by atoms with van der Waals surface area (Å²) in [6.07, 6.45) is 0.567. The Labute approximate surface area is 119 Å². The van der Waals surface area contributed by atoms with E-state index in [1.807, 2.05) is 24.3 Å². The highest BCUT2D eigenvalue weighted by Gasteiger charge is 2.04. The zero-order chi connectivity index (χ0) is 14.3. The van der Waals surface area contributed by atoms with Gasteiger partial charge in [0.25, 0.3) is 0 Å². The summed E-state index contributed by atoms with van der Waals surface area (Å²) in [5, 5.41) is 12.3. The van der Waals surface area contributed by atoms with E-state index in [0.717, 1.165) is 23.4 Å². The van der Waals surface area contributed by atoms with Crippen molar-refractivity contribution in [2.24, 2.45) is 5.92 Å². The SMILES string of the molecule is CC(C)CCNC(=O)CSc1ccc(C(C)O)cc1. The molecule has 0 saturated carbocycles. The van der Waals surface area contributed by atoms with E-state index in [1.165, 1.54) is 11.8 Å². The quantitative estimate of drug-likeness (QED) is 0.755. The Morgan fingerprint density at radius 3 is 2.42 bits per heavy atom. The smallest absolute Gasteiger partial charge is 0.230 e. The molecule has 19 heavy (non-hydrogen) atoms. The van der Waals surface area contributed by atoms with E-state index in [9.17, 15) is 9.90 Å². The molecule has 0 heterocycles. The van der Waals surface area contributed by atoms with E-state index in [0.29, 0.717) is 11.7 Å². The van der Waals surface area contributed by atoms with Crippen LogP contribution in [0.4, 0.5) is 0 Å². The van der Waals surface area contributed by atoms with Crippen LogP contribution in [0.1, 0.15) is 38.9 Å². The maximum Gasteiger partial charge on any atom is 0.230 e. The predicted octanol–water partition coefficient (Wildman–Crippen LogP) is 2.99. The molecule has 1 rings (SSSR count). The Kier molecular flexibility index (Phi) is 6.95. The van der Waals surface area contributed by atoms with Crippen LogP contribution in [0.3, 0.4) is 0 Å². The van der Waals surface area contributed by atoms with Crippen molar-refractivity contribution in [3.05, 3.63) is 29.8 Å². The summed E-state index contributed by atoms with van der Waals surface area (Å²) in [7, 11) is 0. The van der Waals surface area contributed by atoms with Crippen molar-refractivity contribution in [3.8, 4) is 0 Å². The molecule has 0 fully saturated rings. The van der Waals surface area contributed by atoms with E-state index in [-0.39, 0.29) is 5.91 Å². The van der Waals surface area contributed by atoms with Gasteiger partial charge in [0.2, 0.25) is 5.91 Å². The van der Waals surface area contributed by atoms with Gasteiger partial charge in [-0.3, -0.25) is 4.79 Å². The van der Waals surface area contributed by atoms with E-state index in [4.69, 9.17) is 0 Å². The van der Waals surface area contributed by atoms with Crippen LogP contribution >= 0.6 is 11.8 Å². The topological polar surface area (TPSA) is 49.3 Å².